The Morgan fingerprint density at radius 2 is 1.61 bits per heavy atom. The molecule has 346 valence electrons. The van der Waals surface area contributed by atoms with Crippen molar-refractivity contribution in [1.82, 2.24) is 9.80 Å². The molecule has 0 aliphatic carbocycles. The predicted octanol–water partition coefficient (Wildman–Crippen LogP) is 2.91. The molecule has 0 aromatic heterocycles. The summed E-state index contributed by atoms with van der Waals surface area (Å²) in [6.07, 6.45) is -7.60. The minimum Gasteiger partial charge on any atom is -0.481 e. The van der Waals surface area contributed by atoms with Crippen molar-refractivity contribution in [3.8, 4) is 0 Å². The molecule has 3 heterocycles. The van der Waals surface area contributed by atoms with Crippen LogP contribution < -0.4 is 0 Å². The van der Waals surface area contributed by atoms with Crippen molar-refractivity contribution in [2.45, 2.75) is 217 Å². The number of aliphatic carboxylic acids is 1. The molecule has 6 N–H and O–H groups in total. The zero-order valence-electron chi connectivity index (χ0n) is 38.2. The highest BCUT2D eigenvalue weighted by Crippen LogP contribution is 2.40. The number of nitrogens with zero attached hydrogens (tertiary/aromatic N) is 2. The van der Waals surface area contributed by atoms with Gasteiger partial charge in [-0.25, -0.2) is 0 Å². The first-order chi connectivity index (χ1) is 27.3. The number of hydrogen-bond acceptors (Lipinski definition) is 14. The fraction of sp³-hybridized carbons (Fsp3) is 0.953. The zero-order chi connectivity index (χ0) is 44.9. The second-order valence-corrected chi connectivity index (χ2v) is 18.8. The molecule has 16 heteroatoms. The third-order valence-electron chi connectivity index (χ3n) is 13.8. The van der Waals surface area contributed by atoms with Gasteiger partial charge in [0.05, 0.1) is 54.4 Å². The predicted molar refractivity (Wildman–Crippen MR) is 219 cm³/mol. The summed E-state index contributed by atoms with van der Waals surface area (Å²) < 4.78 is 38.4. The van der Waals surface area contributed by atoms with Gasteiger partial charge >= 0.3 is 5.97 Å². The van der Waals surface area contributed by atoms with Crippen LogP contribution in [0.15, 0.2) is 0 Å². The molecule has 3 aliphatic heterocycles. The van der Waals surface area contributed by atoms with Gasteiger partial charge in [-0.2, -0.15) is 0 Å². The van der Waals surface area contributed by atoms with E-state index < -0.39 is 108 Å². The van der Waals surface area contributed by atoms with Crippen LogP contribution in [0.5, 0.6) is 0 Å². The largest absolute Gasteiger partial charge is 0.481 e. The lowest BCUT2D eigenvalue weighted by Crippen LogP contribution is -2.61. The first kappa shape index (κ1) is 51.8. The maximum Gasteiger partial charge on any atom is 0.303 e. The molecule has 3 rings (SSSR count). The smallest absolute Gasteiger partial charge is 0.303 e. The highest BCUT2D eigenvalue weighted by Gasteiger charge is 2.52. The number of carbonyl (C=O) groups excluding carboxylic acids is 1. The lowest BCUT2D eigenvalue weighted by atomic mass is 9.77. The third-order valence-corrected chi connectivity index (χ3v) is 13.8. The minimum atomic E-state index is -1.76. The molecule has 3 aliphatic rings. The number of rotatable bonds is 12. The molecule has 0 bridgehead atoms. The highest BCUT2D eigenvalue weighted by molar-refractivity contribution is 5.78. The summed E-state index contributed by atoms with van der Waals surface area (Å²) in [6, 6.07) is -1.44. The Morgan fingerprint density at radius 3 is 2.17 bits per heavy atom. The fourth-order valence-electron chi connectivity index (χ4n) is 9.83. The van der Waals surface area contributed by atoms with Gasteiger partial charge in [0.2, 0.25) is 5.91 Å². The number of ether oxygens (including phenoxy) is 6. The Balaban J connectivity index is 2.16. The van der Waals surface area contributed by atoms with Gasteiger partial charge in [0.1, 0.15) is 23.9 Å². The summed E-state index contributed by atoms with van der Waals surface area (Å²) in [7, 11) is 4.94. The third kappa shape index (κ3) is 12.1. The molecule has 3 saturated heterocycles. The van der Waals surface area contributed by atoms with E-state index >= 15 is 0 Å². The van der Waals surface area contributed by atoms with Crippen LogP contribution in [0, 0.1) is 17.8 Å². The molecular weight excluding hydrogens is 768 g/mol. The minimum absolute atomic E-state index is 0.0181. The number of aliphatic hydroxyl groups excluding tert-OH is 3. The summed E-state index contributed by atoms with van der Waals surface area (Å²) >= 11 is 0. The maximum atomic E-state index is 14.1. The van der Waals surface area contributed by atoms with Crippen LogP contribution in [-0.4, -0.2) is 176 Å². The molecule has 1 amide bonds. The van der Waals surface area contributed by atoms with E-state index in [0.29, 0.717) is 25.7 Å². The SMILES string of the molecule is CCC(CCC(=O)O)N(C)C1CC(C)OC(OC2C(C)C(OC3CC(C)(OC)C(O)C(C)O3)C(C)COC(CC)C(C)(O)C(O)C(C)N(C)C(=O)C(C)CC2(C)O)C1O. The molecule has 59 heavy (non-hydrogen) atoms. The monoisotopic (exact) mass is 849 g/mol. The molecule has 16 nitrogen and oxygen atoms in total. The molecule has 0 spiro atoms. The molecule has 3 fully saturated rings. The quantitative estimate of drug-likeness (QED) is 0.167. The van der Waals surface area contributed by atoms with Gasteiger partial charge in [-0.15, -0.1) is 0 Å². The van der Waals surface area contributed by atoms with Crippen LogP contribution in [0.25, 0.3) is 0 Å². The Bertz CT molecular complexity index is 1340. The van der Waals surface area contributed by atoms with E-state index in [2.05, 4.69) is 0 Å². The molecule has 0 aromatic rings. The number of carbonyl (C=O) groups is 2. The molecule has 19 unspecified atom stereocenters. The lowest BCUT2D eigenvalue weighted by Gasteiger charge is -2.49. The number of hydrogen-bond donors (Lipinski definition) is 6. The summed E-state index contributed by atoms with van der Waals surface area (Å²) in [6.45, 7) is 19.4. The fourth-order valence-corrected chi connectivity index (χ4v) is 9.83. The zero-order valence-corrected chi connectivity index (χ0v) is 38.2. The van der Waals surface area contributed by atoms with Gasteiger partial charge < -0.3 is 64.0 Å². The lowest BCUT2D eigenvalue weighted by molar-refractivity contribution is -0.320. The number of likely N-dealkylation sites (N-methyl/N-ethyl adjacent to an activating group) is 2. The van der Waals surface area contributed by atoms with Crippen LogP contribution in [0.1, 0.15) is 121 Å². The second kappa shape index (κ2) is 21.2. The van der Waals surface area contributed by atoms with E-state index in [0.717, 1.165) is 0 Å². The van der Waals surface area contributed by atoms with E-state index in [1.54, 1.807) is 41.7 Å². The Morgan fingerprint density at radius 1 is 0.983 bits per heavy atom. The van der Waals surface area contributed by atoms with E-state index in [9.17, 15) is 40.2 Å². The number of amides is 1. The van der Waals surface area contributed by atoms with E-state index in [4.69, 9.17) is 28.4 Å². The summed E-state index contributed by atoms with van der Waals surface area (Å²) in [5, 5.41) is 68.5. The summed E-state index contributed by atoms with van der Waals surface area (Å²) in [5.74, 6) is -3.24. The van der Waals surface area contributed by atoms with E-state index in [1.807, 2.05) is 46.6 Å². The van der Waals surface area contributed by atoms with Crippen molar-refractivity contribution in [3.63, 3.8) is 0 Å². The topological polar surface area (TPSA) is 217 Å². The molecule has 0 saturated carbocycles. The van der Waals surface area contributed by atoms with Crippen LogP contribution >= 0.6 is 0 Å². The van der Waals surface area contributed by atoms with Gasteiger partial charge in [0.25, 0.3) is 0 Å². The van der Waals surface area contributed by atoms with Crippen molar-refractivity contribution < 1.29 is 68.6 Å². The van der Waals surface area contributed by atoms with Crippen molar-refractivity contribution in [2.24, 2.45) is 17.8 Å². The number of methoxy groups -OCH3 is 1. The second-order valence-electron chi connectivity index (χ2n) is 18.8. The standard InChI is InChI=1S/C43H80N2O14/c1-15-29(17-18-32(46)47)45(13)30-19-25(5)56-40(34(30)48)59-38-26(6)35(58-33-21-42(10,54-14)37(50)28(8)57-33)24(4)22-55-31(16-2)43(11,53)36(49)27(7)44(12)39(51)23(3)20-41(38,9)52/h23-31,33-38,40,48-50,52-53H,15-22H2,1-14H3,(H,46,47). The summed E-state index contributed by atoms with van der Waals surface area (Å²) in [4.78, 5) is 28.9. The van der Waals surface area contributed by atoms with E-state index in [1.165, 1.54) is 18.9 Å². The van der Waals surface area contributed by atoms with Crippen molar-refractivity contribution in [1.29, 1.82) is 0 Å². The average molecular weight is 849 g/mol. The van der Waals surface area contributed by atoms with Crippen molar-refractivity contribution in [3.05, 3.63) is 0 Å². The summed E-state index contributed by atoms with van der Waals surface area (Å²) in [5.41, 5.74) is -4.53. The van der Waals surface area contributed by atoms with Crippen molar-refractivity contribution >= 4 is 11.9 Å². The Labute approximate surface area is 352 Å². The maximum absolute atomic E-state index is 14.1. The first-order valence-corrected chi connectivity index (χ1v) is 21.8. The molecule has 0 aromatic carbocycles. The number of carboxylic acid groups (broad SMARTS) is 1. The molecule has 19 atom stereocenters. The Hall–Kier alpha value is -1.54. The number of carboxylic acids is 1. The molecule has 0 radical (unpaired) electrons. The van der Waals surface area contributed by atoms with Crippen LogP contribution in [0.2, 0.25) is 0 Å². The van der Waals surface area contributed by atoms with Crippen LogP contribution in [-0.2, 0) is 38.0 Å². The molecular formula is C43H80N2O14. The first-order valence-electron chi connectivity index (χ1n) is 21.8. The highest BCUT2D eigenvalue weighted by atomic mass is 16.7. The Kier molecular flexibility index (Phi) is 18.6. The van der Waals surface area contributed by atoms with Crippen LogP contribution in [0.3, 0.4) is 0 Å². The number of aliphatic hydroxyl groups is 5. The van der Waals surface area contributed by atoms with Gasteiger partial charge in [-0.05, 0) is 80.7 Å². The normalized spacial score (nSPS) is 45.5. The van der Waals surface area contributed by atoms with Gasteiger partial charge in [-0.1, -0.05) is 34.6 Å². The van der Waals surface area contributed by atoms with Gasteiger partial charge in [0, 0.05) is 56.8 Å². The van der Waals surface area contributed by atoms with Crippen LogP contribution in [0.4, 0.5) is 0 Å². The van der Waals surface area contributed by atoms with Gasteiger partial charge in [0.15, 0.2) is 12.6 Å². The average Bonchev–Trinajstić information content (AvgIpc) is 3.16. The van der Waals surface area contributed by atoms with E-state index in [-0.39, 0.29) is 43.9 Å². The van der Waals surface area contributed by atoms with Gasteiger partial charge in [-0.3, -0.25) is 14.5 Å². The van der Waals surface area contributed by atoms with Crippen molar-refractivity contribution in [2.75, 3.05) is 27.8 Å².